The average molecular weight is 501 g/mol. The summed E-state index contributed by atoms with van der Waals surface area (Å²) in [6.07, 6.45) is 1.48. The minimum atomic E-state index is -0.375. The van der Waals surface area contributed by atoms with Crippen LogP contribution in [0.3, 0.4) is 0 Å². The molecule has 178 valence electrons. The van der Waals surface area contributed by atoms with Crippen LogP contribution in [0.25, 0.3) is 0 Å². The Kier molecular flexibility index (Phi) is 7.85. The summed E-state index contributed by atoms with van der Waals surface area (Å²) in [5, 5.41) is 2.49. The van der Waals surface area contributed by atoms with Crippen molar-refractivity contribution in [2.75, 3.05) is 26.2 Å². The number of carbonyl (C=O) groups is 2. The molecule has 0 saturated carbocycles. The van der Waals surface area contributed by atoms with Crippen LogP contribution >= 0.6 is 22.9 Å². The van der Waals surface area contributed by atoms with E-state index in [1.807, 2.05) is 18.4 Å². The second kappa shape index (κ2) is 11.0. The van der Waals surface area contributed by atoms with Gasteiger partial charge in [0.15, 0.2) is 0 Å². The lowest BCUT2D eigenvalue weighted by Crippen LogP contribution is -2.48. The second-order valence-electron chi connectivity index (χ2n) is 8.16. The number of carbonyl (C=O) groups excluding carboxylic acids is 2. The molecule has 1 aliphatic rings. The number of hydrogen-bond acceptors (Lipinski definition) is 4. The van der Waals surface area contributed by atoms with Gasteiger partial charge in [-0.1, -0.05) is 30.7 Å². The number of benzene rings is 2. The summed E-state index contributed by atoms with van der Waals surface area (Å²) < 4.78 is 19.5. The monoisotopic (exact) mass is 500 g/mol. The minimum Gasteiger partial charge on any atom is -0.491 e. The van der Waals surface area contributed by atoms with E-state index in [-0.39, 0.29) is 36.8 Å². The molecule has 3 aromatic rings. The van der Waals surface area contributed by atoms with E-state index >= 15 is 0 Å². The standard InChI is InChI=1S/C26H26ClFN2O3S/c1-2-11-29(26(32)18-5-3-6-19(27)14-18)16-25(31)30-12-9-24-22(10-13-34-24)23(30)17-33-21-8-4-7-20(28)15-21/h3-8,10,13-15,23H,2,9,11-12,16-17H2,1H3/t23-/m0/s1. The van der Waals surface area contributed by atoms with E-state index in [1.54, 1.807) is 57.5 Å². The smallest absolute Gasteiger partial charge is 0.254 e. The molecule has 34 heavy (non-hydrogen) atoms. The number of nitrogens with zero attached hydrogens (tertiary/aromatic N) is 2. The Morgan fingerprint density at radius 2 is 2.03 bits per heavy atom. The topological polar surface area (TPSA) is 49.9 Å². The first-order valence-corrected chi connectivity index (χ1v) is 12.5. The fourth-order valence-corrected chi connectivity index (χ4v) is 5.31. The van der Waals surface area contributed by atoms with Crippen LogP contribution in [0.1, 0.15) is 40.2 Å². The molecule has 0 spiro atoms. The zero-order valence-corrected chi connectivity index (χ0v) is 20.4. The van der Waals surface area contributed by atoms with Crippen molar-refractivity contribution in [3.05, 3.63) is 86.8 Å². The molecule has 0 saturated heterocycles. The van der Waals surface area contributed by atoms with Crippen molar-refractivity contribution < 1.29 is 18.7 Å². The van der Waals surface area contributed by atoms with Crippen molar-refractivity contribution in [1.82, 2.24) is 9.80 Å². The quantitative estimate of drug-likeness (QED) is 0.404. The summed E-state index contributed by atoms with van der Waals surface area (Å²) in [5.41, 5.74) is 1.50. The summed E-state index contributed by atoms with van der Waals surface area (Å²) in [6, 6.07) is 14.4. The lowest BCUT2D eigenvalue weighted by molar-refractivity contribution is -0.135. The van der Waals surface area contributed by atoms with Gasteiger partial charge in [0.1, 0.15) is 24.7 Å². The van der Waals surface area contributed by atoms with E-state index < -0.39 is 0 Å². The van der Waals surface area contributed by atoms with E-state index in [0.29, 0.717) is 29.4 Å². The highest BCUT2D eigenvalue weighted by molar-refractivity contribution is 7.10. The van der Waals surface area contributed by atoms with E-state index in [9.17, 15) is 14.0 Å². The summed E-state index contributed by atoms with van der Waals surface area (Å²) in [4.78, 5) is 31.2. The highest BCUT2D eigenvalue weighted by Crippen LogP contribution is 2.34. The zero-order chi connectivity index (χ0) is 24.1. The van der Waals surface area contributed by atoms with Gasteiger partial charge in [0.25, 0.3) is 5.91 Å². The van der Waals surface area contributed by atoms with Crippen LogP contribution in [0.15, 0.2) is 60.0 Å². The van der Waals surface area contributed by atoms with E-state index in [2.05, 4.69) is 0 Å². The average Bonchev–Trinajstić information content (AvgIpc) is 3.31. The van der Waals surface area contributed by atoms with Crippen molar-refractivity contribution in [2.24, 2.45) is 0 Å². The predicted molar refractivity (Wildman–Crippen MR) is 132 cm³/mol. The highest BCUT2D eigenvalue weighted by atomic mass is 35.5. The normalized spacial score (nSPS) is 15.0. The number of rotatable bonds is 8. The van der Waals surface area contributed by atoms with Gasteiger partial charge in [-0.3, -0.25) is 9.59 Å². The SMILES string of the molecule is CCCN(CC(=O)N1CCc2sccc2[C@@H]1COc1cccc(F)c1)C(=O)c1cccc(Cl)c1. The molecule has 2 amide bonds. The largest absolute Gasteiger partial charge is 0.491 e. The number of thiophene rings is 1. The van der Waals surface area contributed by atoms with E-state index in [0.717, 1.165) is 18.4 Å². The molecule has 5 nitrogen and oxygen atoms in total. The molecule has 0 N–H and O–H groups in total. The van der Waals surface area contributed by atoms with Gasteiger partial charge < -0.3 is 14.5 Å². The molecule has 4 rings (SSSR count). The zero-order valence-electron chi connectivity index (χ0n) is 18.9. The molecule has 0 aliphatic carbocycles. The van der Waals surface area contributed by atoms with Gasteiger partial charge in [-0.05, 0) is 60.2 Å². The first kappa shape index (κ1) is 24.2. The summed E-state index contributed by atoms with van der Waals surface area (Å²) in [7, 11) is 0. The Balaban J connectivity index is 1.52. The first-order valence-electron chi connectivity index (χ1n) is 11.2. The van der Waals surface area contributed by atoms with Crippen LogP contribution in [0.4, 0.5) is 4.39 Å². The number of fused-ring (bicyclic) bond motifs is 1. The number of amides is 2. The maximum absolute atomic E-state index is 13.6. The Bertz CT molecular complexity index is 1170. The fraction of sp³-hybridized carbons (Fsp3) is 0.308. The van der Waals surface area contributed by atoms with Crippen LogP contribution in [-0.2, 0) is 11.2 Å². The summed E-state index contributed by atoms with van der Waals surface area (Å²) in [5.74, 6) is -0.328. The molecular formula is C26H26ClFN2O3S. The van der Waals surface area contributed by atoms with Crippen molar-refractivity contribution in [3.8, 4) is 5.75 Å². The molecule has 0 fully saturated rings. The molecule has 0 radical (unpaired) electrons. The fourth-order valence-electron chi connectivity index (χ4n) is 4.19. The Morgan fingerprint density at radius 1 is 1.21 bits per heavy atom. The van der Waals surface area contributed by atoms with Crippen molar-refractivity contribution >= 4 is 34.8 Å². The third-order valence-electron chi connectivity index (χ3n) is 5.80. The van der Waals surface area contributed by atoms with Crippen LogP contribution in [-0.4, -0.2) is 47.9 Å². The van der Waals surface area contributed by atoms with Crippen LogP contribution in [0.2, 0.25) is 5.02 Å². The van der Waals surface area contributed by atoms with Crippen molar-refractivity contribution in [1.29, 1.82) is 0 Å². The molecule has 0 unspecified atom stereocenters. The molecule has 0 bridgehead atoms. The van der Waals surface area contributed by atoms with Crippen LogP contribution < -0.4 is 4.74 Å². The predicted octanol–water partition coefficient (Wildman–Crippen LogP) is 5.60. The summed E-state index contributed by atoms with van der Waals surface area (Å²) in [6.45, 7) is 3.13. The number of ether oxygens (including phenoxy) is 1. The van der Waals surface area contributed by atoms with E-state index in [4.69, 9.17) is 16.3 Å². The first-order chi connectivity index (χ1) is 16.5. The molecule has 8 heteroatoms. The second-order valence-corrected chi connectivity index (χ2v) is 9.59. The molecule has 2 heterocycles. The maximum Gasteiger partial charge on any atom is 0.254 e. The molecule has 1 atom stereocenters. The van der Waals surface area contributed by atoms with Gasteiger partial charge in [0.05, 0.1) is 6.04 Å². The highest BCUT2D eigenvalue weighted by Gasteiger charge is 2.33. The van der Waals surface area contributed by atoms with Crippen LogP contribution in [0.5, 0.6) is 5.75 Å². The minimum absolute atomic E-state index is 0.0326. The third kappa shape index (κ3) is 5.59. The molecule has 2 aromatic carbocycles. The van der Waals surface area contributed by atoms with Gasteiger partial charge in [-0.2, -0.15) is 0 Å². The Hall–Kier alpha value is -2.90. The summed E-state index contributed by atoms with van der Waals surface area (Å²) >= 11 is 7.73. The Labute approximate surface area is 207 Å². The van der Waals surface area contributed by atoms with Crippen molar-refractivity contribution in [2.45, 2.75) is 25.8 Å². The molecular weight excluding hydrogens is 475 g/mol. The number of hydrogen-bond donors (Lipinski definition) is 0. The van der Waals surface area contributed by atoms with Gasteiger partial charge in [-0.25, -0.2) is 4.39 Å². The maximum atomic E-state index is 13.6. The molecule has 1 aromatic heterocycles. The van der Waals surface area contributed by atoms with Gasteiger partial charge >= 0.3 is 0 Å². The Morgan fingerprint density at radius 3 is 2.79 bits per heavy atom. The number of halogens is 2. The van der Waals surface area contributed by atoms with Crippen LogP contribution in [0, 0.1) is 5.82 Å². The lowest BCUT2D eigenvalue weighted by Gasteiger charge is -2.37. The third-order valence-corrected chi connectivity index (χ3v) is 7.03. The van der Waals surface area contributed by atoms with Gasteiger partial charge in [-0.15, -0.1) is 11.3 Å². The van der Waals surface area contributed by atoms with Crippen molar-refractivity contribution in [3.63, 3.8) is 0 Å². The molecule has 1 aliphatic heterocycles. The van der Waals surface area contributed by atoms with Gasteiger partial charge in [0, 0.05) is 34.6 Å². The lowest BCUT2D eigenvalue weighted by atomic mass is 10.0. The van der Waals surface area contributed by atoms with Gasteiger partial charge in [0.2, 0.25) is 5.91 Å². The van der Waals surface area contributed by atoms with E-state index in [1.165, 1.54) is 17.0 Å².